The third-order valence-corrected chi connectivity index (χ3v) is 7.24. The fraction of sp³-hybridized carbons (Fsp3) is 0.900. The van der Waals surface area contributed by atoms with E-state index in [0.29, 0.717) is 5.92 Å². The van der Waals surface area contributed by atoms with Gasteiger partial charge in [-0.2, -0.15) is 0 Å². The van der Waals surface area contributed by atoms with Gasteiger partial charge in [0, 0.05) is 12.0 Å². The van der Waals surface area contributed by atoms with E-state index in [0.717, 1.165) is 43.6 Å². The molecule has 2 amide bonds. The van der Waals surface area contributed by atoms with Crippen LogP contribution in [0.2, 0.25) is 0 Å². The molecule has 5 saturated carbocycles. The molecule has 5 aliphatic rings. The summed E-state index contributed by atoms with van der Waals surface area (Å²) in [4.78, 5) is 24.9. The lowest BCUT2D eigenvalue weighted by atomic mass is 9.49. The number of carbonyl (C=O) groups is 2. The highest BCUT2D eigenvalue weighted by Crippen LogP contribution is 2.60. The van der Waals surface area contributed by atoms with Gasteiger partial charge < -0.3 is 10.6 Å². The van der Waals surface area contributed by atoms with Gasteiger partial charge in [-0.25, -0.2) is 0 Å². The maximum absolute atomic E-state index is 12.8. The highest BCUT2D eigenvalue weighted by atomic mass is 16.2. The largest absolute Gasteiger partial charge is 0.354 e. The van der Waals surface area contributed by atoms with Crippen LogP contribution in [-0.2, 0) is 9.59 Å². The van der Waals surface area contributed by atoms with Crippen LogP contribution < -0.4 is 10.6 Å². The Morgan fingerprint density at radius 1 is 0.833 bits per heavy atom. The smallest absolute Gasteiger partial charge is 0.239 e. The van der Waals surface area contributed by atoms with Crippen molar-refractivity contribution in [1.29, 1.82) is 0 Å². The summed E-state index contributed by atoms with van der Waals surface area (Å²) in [5.74, 6) is 3.08. The van der Waals surface area contributed by atoms with Gasteiger partial charge in [0.05, 0.1) is 6.54 Å². The topological polar surface area (TPSA) is 58.2 Å². The minimum atomic E-state index is -0.140. The number of hydrogen-bond acceptors (Lipinski definition) is 2. The first-order chi connectivity index (χ1) is 11.6. The van der Waals surface area contributed by atoms with Crippen molar-refractivity contribution in [1.82, 2.24) is 10.6 Å². The van der Waals surface area contributed by atoms with E-state index in [1.54, 1.807) is 0 Å². The van der Waals surface area contributed by atoms with Gasteiger partial charge in [-0.3, -0.25) is 9.59 Å². The third kappa shape index (κ3) is 3.34. The molecule has 24 heavy (non-hydrogen) atoms. The molecular formula is C20H32N2O2. The van der Waals surface area contributed by atoms with Gasteiger partial charge in [0.1, 0.15) is 0 Å². The molecule has 4 heteroatoms. The van der Waals surface area contributed by atoms with E-state index >= 15 is 0 Å². The molecule has 0 heterocycles. The standard InChI is InChI=1S/C20H32N2O2/c23-18(21-12-14-4-2-1-3-5-14)13-22-19(24)20-9-15-6-16(10-20)8-17(7-15)11-20/h14-17H,1-13H2,(H,21,23)(H,22,24). The lowest BCUT2D eigenvalue weighted by Gasteiger charge is -2.55. The number of hydrogen-bond donors (Lipinski definition) is 2. The quantitative estimate of drug-likeness (QED) is 0.813. The van der Waals surface area contributed by atoms with Crippen LogP contribution >= 0.6 is 0 Å². The molecule has 0 spiro atoms. The molecule has 0 aromatic rings. The number of rotatable bonds is 5. The number of amides is 2. The van der Waals surface area contributed by atoms with E-state index in [2.05, 4.69) is 10.6 Å². The van der Waals surface area contributed by atoms with Gasteiger partial charge in [-0.15, -0.1) is 0 Å². The fourth-order valence-corrected chi connectivity index (χ4v) is 6.45. The van der Waals surface area contributed by atoms with Gasteiger partial charge in [-0.1, -0.05) is 19.3 Å². The fourth-order valence-electron chi connectivity index (χ4n) is 6.45. The van der Waals surface area contributed by atoms with Crippen LogP contribution in [0.25, 0.3) is 0 Å². The minimum Gasteiger partial charge on any atom is -0.354 e. The Balaban J connectivity index is 1.24. The molecule has 0 aliphatic heterocycles. The summed E-state index contributed by atoms with van der Waals surface area (Å²) < 4.78 is 0. The van der Waals surface area contributed by atoms with Gasteiger partial charge in [0.15, 0.2) is 0 Å². The van der Waals surface area contributed by atoms with E-state index in [1.807, 2.05) is 0 Å². The Morgan fingerprint density at radius 3 is 2.00 bits per heavy atom. The van der Waals surface area contributed by atoms with E-state index in [1.165, 1.54) is 51.4 Å². The molecule has 0 atom stereocenters. The summed E-state index contributed by atoms with van der Waals surface area (Å²) in [7, 11) is 0. The summed E-state index contributed by atoms with van der Waals surface area (Å²) in [5.41, 5.74) is -0.140. The van der Waals surface area contributed by atoms with E-state index < -0.39 is 0 Å². The van der Waals surface area contributed by atoms with Gasteiger partial charge >= 0.3 is 0 Å². The van der Waals surface area contributed by atoms with Crippen LogP contribution in [0.5, 0.6) is 0 Å². The van der Waals surface area contributed by atoms with Crippen LogP contribution in [-0.4, -0.2) is 24.9 Å². The summed E-state index contributed by atoms with van der Waals surface area (Å²) >= 11 is 0. The molecule has 0 radical (unpaired) electrons. The summed E-state index contributed by atoms with van der Waals surface area (Å²) in [5, 5.41) is 6.00. The monoisotopic (exact) mass is 332 g/mol. The second-order valence-corrected chi connectivity index (χ2v) is 9.19. The SMILES string of the molecule is O=C(CNC(=O)C12CC3CC(CC(C3)C1)C2)NCC1CCCCC1. The van der Waals surface area contributed by atoms with Gasteiger partial charge in [0.2, 0.25) is 11.8 Å². The van der Waals surface area contributed by atoms with Crippen LogP contribution in [0, 0.1) is 29.1 Å². The average Bonchev–Trinajstić information content (AvgIpc) is 2.57. The Labute approximate surface area is 145 Å². The summed E-state index contributed by atoms with van der Waals surface area (Å²) in [6.07, 6.45) is 13.6. The third-order valence-electron chi connectivity index (χ3n) is 7.24. The van der Waals surface area contributed by atoms with Crippen molar-refractivity contribution in [2.24, 2.45) is 29.1 Å². The van der Waals surface area contributed by atoms with Gasteiger partial charge in [-0.05, 0) is 75.0 Å². The van der Waals surface area contributed by atoms with Crippen molar-refractivity contribution in [3.8, 4) is 0 Å². The number of carbonyl (C=O) groups excluding carboxylic acids is 2. The van der Waals surface area contributed by atoms with Crippen LogP contribution in [0.4, 0.5) is 0 Å². The molecule has 0 saturated heterocycles. The van der Waals surface area contributed by atoms with Gasteiger partial charge in [0.25, 0.3) is 0 Å². The first-order valence-electron chi connectivity index (χ1n) is 10.2. The molecule has 5 aliphatic carbocycles. The van der Waals surface area contributed by atoms with Crippen molar-refractivity contribution in [2.45, 2.75) is 70.6 Å². The molecule has 0 aromatic carbocycles. The molecule has 4 nitrogen and oxygen atoms in total. The van der Waals surface area contributed by atoms with Crippen LogP contribution in [0.1, 0.15) is 70.6 Å². The second kappa shape index (κ2) is 6.68. The highest BCUT2D eigenvalue weighted by molar-refractivity contribution is 5.88. The molecule has 0 unspecified atom stereocenters. The van der Waals surface area contributed by atoms with Crippen molar-refractivity contribution >= 4 is 11.8 Å². The summed E-state index contributed by atoms with van der Waals surface area (Å²) in [6, 6.07) is 0. The normalized spacial score (nSPS) is 38.1. The zero-order chi connectivity index (χ0) is 16.6. The highest BCUT2D eigenvalue weighted by Gasteiger charge is 2.54. The Hall–Kier alpha value is -1.06. The zero-order valence-electron chi connectivity index (χ0n) is 14.8. The first kappa shape index (κ1) is 16.4. The maximum Gasteiger partial charge on any atom is 0.239 e. The lowest BCUT2D eigenvalue weighted by molar-refractivity contribution is -0.147. The van der Waals surface area contributed by atoms with Crippen molar-refractivity contribution in [3.05, 3.63) is 0 Å². The van der Waals surface area contributed by atoms with Crippen LogP contribution in [0.15, 0.2) is 0 Å². The van der Waals surface area contributed by atoms with Crippen LogP contribution in [0.3, 0.4) is 0 Å². The van der Waals surface area contributed by atoms with Crippen molar-refractivity contribution < 1.29 is 9.59 Å². The Morgan fingerprint density at radius 2 is 1.42 bits per heavy atom. The maximum atomic E-state index is 12.8. The zero-order valence-corrected chi connectivity index (χ0v) is 14.8. The second-order valence-electron chi connectivity index (χ2n) is 9.19. The Bertz CT molecular complexity index is 461. The predicted octanol–water partition coefficient (Wildman–Crippen LogP) is 3.02. The first-order valence-corrected chi connectivity index (χ1v) is 10.2. The van der Waals surface area contributed by atoms with Crippen molar-refractivity contribution in [2.75, 3.05) is 13.1 Å². The molecule has 5 rings (SSSR count). The lowest BCUT2D eigenvalue weighted by Crippen LogP contribution is -2.54. The minimum absolute atomic E-state index is 0.0151. The Kier molecular flexibility index (Phi) is 4.57. The predicted molar refractivity (Wildman–Crippen MR) is 93.2 cm³/mol. The number of nitrogens with one attached hydrogen (secondary N) is 2. The molecule has 134 valence electrons. The molecule has 0 aromatic heterocycles. The van der Waals surface area contributed by atoms with Crippen molar-refractivity contribution in [3.63, 3.8) is 0 Å². The molecule has 5 fully saturated rings. The van der Waals surface area contributed by atoms with E-state index in [4.69, 9.17) is 0 Å². The average molecular weight is 332 g/mol. The van der Waals surface area contributed by atoms with E-state index in [9.17, 15) is 9.59 Å². The molecule has 2 N–H and O–H groups in total. The molecular weight excluding hydrogens is 300 g/mol. The molecule has 4 bridgehead atoms. The van der Waals surface area contributed by atoms with E-state index in [-0.39, 0.29) is 23.8 Å². The summed E-state index contributed by atoms with van der Waals surface area (Å²) in [6.45, 7) is 0.944.